The summed E-state index contributed by atoms with van der Waals surface area (Å²) in [5, 5.41) is 5.23. The highest BCUT2D eigenvalue weighted by atomic mass is 35.5. The van der Waals surface area contributed by atoms with E-state index in [1.807, 2.05) is 13.8 Å². The van der Waals surface area contributed by atoms with Gasteiger partial charge in [-0.25, -0.2) is 14.8 Å². The predicted octanol–water partition coefficient (Wildman–Crippen LogP) is 1.94. The van der Waals surface area contributed by atoms with Crippen LogP contribution in [0.3, 0.4) is 0 Å². The summed E-state index contributed by atoms with van der Waals surface area (Å²) in [6.07, 6.45) is -0.559. The molecule has 24 heavy (non-hydrogen) atoms. The summed E-state index contributed by atoms with van der Waals surface area (Å²) in [6, 6.07) is 5.17. The van der Waals surface area contributed by atoms with Crippen molar-refractivity contribution in [3.63, 3.8) is 0 Å². The summed E-state index contributed by atoms with van der Waals surface area (Å²) in [6.45, 7) is 4.47. The molecule has 0 unspecified atom stereocenters. The molecule has 7 nitrogen and oxygen atoms in total. The number of carbonyl (C=O) groups excluding carboxylic acids is 2. The summed E-state index contributed by atoms with van der Waals surface area (Å²) in [4.78, 5) is 32.2. The third-order valence-corrected chi connectivity index (χ3v) is 3.48. The summed E-state index contributed by atoms with van der Waals surface area (Å²) >= 11 is 5.40. The number of nitrogens with one attached hydrogen (secondary N) is 2. The van der Waals surface area contributed by atoms with Gasteiger partial charge < -0.3 is 15.4 Å². The second-order valence-electron chi connectivity index (χ2n) is 5.11. The number of nitrogens with zero attached hydrogens (tertiary/aromatic N) is 2. The highest BCUT2D eigenvalue weighted by molar-refractivity contribution is 6.18. The van der Waals surface area contributed by atoms with E-state index in [0.717, 1.165) is 16.9 Å². The molecule has 2 N–H and O–H groups in total. The standard InChI is InChI=1S/C16H19ClN4O3/c1-10-11(2)21-14-9-12(3-4-13(14)20-10)15(22)18-6-7-19-16(23)24-8-5-17/h3-4,9H,5-8H2,1-2H3,(H,18,22)(H,19,23). The second-order valence-corrected chi connectivity index (χ2v) is 5.48. The summed E-state index contributed by atoms with van der Waals surface area (Å²) < 4.78 is 4.74. The van der Waals surface area contributed by atoms with Crippen molar-refractivity contribution in [1.82, 2.24) is 20.6 Å². The van der Waals surface area contributed by atoms with E-state index in [-0.39, 0.29) is 31.5 Å². The van der Waals surface area contributed by atoms with Gasteiger partial charge in [0.2, 0.25) is 0 Å². The number of hydrogen-bond donors (Lipinski definition) is 2. The Bertz CT molecular complexity index is 751. The molecule has 2 amide bonds. The Balaban J connectivity index is 1.89. The molecule has 1 heterocycles. The monoisotopic (exact) mass is 350 g/mol. The van der Waals surface area contributed by atoms with Crippen LogP contribution < -0.4 is 10.6 Å². The Hall–Kier alpha value is -2.41. The second kappa shape index (κ2) is 8.44. The van der Waals surface area contributed by atoms with Gasteiger partial charge in [-0.05, 0) is 32.0 Å². The van der Waals surface area contributed by atoms with Crippen LogP contribution in [-0.4, -0.2) is 47.5 Å². The summed E-state index contributed by atoms with van der Waals surface area (Å²) in [5.41, 5.74) is 3.61. The molecule has 0 saturated heterocycles. The minimum Gasteiger partial charge on any atom is -0.448 e. The van der Waals surface area contributed by atoms with Crippen molar-refractivity contribution in [2.75, 3.05) is 25.6 Å². The summed E-state index contributed by atoms with van der Waals surface area (Å²) in [5.74, 6) is 0.00133. The molecule has 0 aliphatic rings. The quantitative estimate of drug-likeness (QED) is 0.613. The Labute approximate surface area is 144 Å². The van der Waals surface area contributed by atoms with Crippen LogP contribution in [0.15, 0.2) is 18.2 Å². The SMILES string of the molecule is Cc1nc2ccc(C(=O)NCCNC(=O)OCCCl)cc2nc1C. The molecular formula is C16H19ClN4O3. The molecule has 0 saturated carbocycles. The van der Waals surface area contributed by atoms with E-state index >= 15 is 0 Å². The molecule has 128 valence electrons. The van der Waals surface area contributed by atoms with Gasteiger partial charge in [0, 0.05) is 18.7 Å². The lowest BCUT2D eigenvalue weighted by Crippen LogP contribution is -2.35. The predicted molar refractivity (Wildman–Crippen MR) is 91.4 cm³/mol. The third kappa shape index (κ3) is 4.79. The van der Waals surface area contributed by atoms with Gasteiger partial charge in [-0.2, -0.15) is 0 Å². The molecule has 8 heteroatoms. The van der Waals surface area contributed by atoms with Crippen LogP contribution >= 0.6 is 11.6 Å². The lowest BCUT2D eigenvalue weighted by molar-refractivity contribution is 0.0952. The van der Waals surface area contributed by atoms with Gasteiger partial charge in [0.25, 0.3) is 5.91 Å². The molecule has 0 fully saturated rings. The summed E-state index contributed by atoms with van der Waals surface area (Å²) in [7, 11) is 0. The van der Waals surface area contributed by atoms with Gasteiger partial charge in [-0.1, -0.05) is 0 Å². The zero-order chi connectivity index (χ0) is 17.5. The number of alkyl carbamates (subject to hydrolysis) is 1. The first-order valence-corrected chi connectivity index (χ1v) is 8.04. The number of alkyl halides is 1. The first kappa shape index (κ1) is 17.9. The minimum absolute atomic E-state index is 0.150. The number of ether oxygens (including phenoxy) is 1. The fourth-order valence-electron chi connectivity index (χ4n) is 2.00. The number of aryl methyl sites for hydroxylation is 2. The molecule has 1 aromatic heterocycles. The first-order chi connectivity index (χ1) is 11.5. The Morgan fingerprint density at radius 3 is 2.46 bits per heavy atom. The maximum Gasteiger partial charge on any atom is 0.407 e. The van der Waals surface area contributed by atoms with Crippen molar-refractivity contribution >= 4 is 34.6 Å². The van der Waals surface area contributed by atoms with Crippen LogP contribution in [-0.2, 0) is 4.74 Å². The van der Waals surface area contributed by atoms with E-state index in [1.54, 1.807) is 18.2 Å². The van der Waals surface area contributed by atoms with Gasteiger partial charge in [0.05, 0.1) is 28.3 Å². The van der Waals surface area contributed by atoms with Crippen LogP contribution in [0.25, 0.3) is 11.0 Å². The number of aromatic nitrogens is 2. The first-order valence-electron chi connectivity index (χ1n) is 7.51. The van der Waals surface area contributed by atoms with Crippen molar-refractivity contribution < 1.29 is 14.3 Å². The lowest BCUT2D eigenvalue weighted by Gasteiger charge is -2.08. The van der Waals surface area contributed by atoms with Crippen LogP contribution in [0.5, 0.6) is 0 Å². The smallest absolute Gasteiger partial charge is 0.407 e. The minimum atomic E-state index is -0.559. The largest absolute Gasteiger partial charge is 0.448 e. The average molecular weight is 351 g/mol. The van der Waals surface area contributed by atoms with Gasteiger partial charge in [-0.15, -0.1) is 11.6 Å². The molecule has 0 aliphatic carbocycles. The van der Waals surface area contributed by atoms with Crippen molar-refractivity contribution in [3.8, 4) is 0 Å². The maximum absolute atomic E-state index is 12.1. The van der Waals surface area contributed by atoms with E-state index in [1.165, 1.54) is 0 Å². The number of fused-ring (bicyclic) bond motifs is 1. The Morgan fingerprint density at radius 1 is 1.08 bits per heavy atom. The molecule has 2 aromatic rings. The highest BCUT2D eigenvalue weighted by Crippen LogP contribution is 2.14. The van der Waals surface area contributed by atoms with Crippen LogP contribution in [0.2, 0.25) is 0 Å². The van der Waals surface area contributed by atoms with E-state index in [4.69, 9.17) is 16.3 Å². The molecule has 0 spiro atoms. The van der Waals surface area contributed by atoms with Gasteiger partial charge in [-0.3, -0.25) is 4.79 Å². The van der Waals surface area contributed by atoms with E-state index < -0.39 is 6.09 Å². The number of carbonyl (C=O) groups is 2. The fourth-order valence-corrected chi connectivity index (χ4v) is 2.07. The molecule has 1 aromatic carbocycles. The van der Waals surface area contributed by atoms with Crippen molar-refractivity contribution in [3.05, 3.63) is 35.2 Å². The van der Waals surface area contributed by atoms with E-state index in [2.05, 4.69) is 20.6 Å². The van der Waals surface area contributed by atoms with Gasteiger partial charge in [0.15, 0.2) is 0 Å². The maximum atomic E-state index is 12.1. The average Bonchev–Trinajstić information content (AvgIpc) is 2.57. The van der Waals surface area contributed by atoms with Crippen LogP contribution in [0.1, 0.15) is 21.7 Å². The van der Waals surface area contributed by atoms with Crippen molar-refractivity contribution in [2.45, 2.75) is 13.8 Å². The molecular weight excluding hydrogens is 332 g/mol. The molecule has 0 aliphatic heterocycles. The van der Waals surface area contributed by atoms with Gasteiger partial charge >= 0.3 is 6.09 Å². The van der Waals surface area contributed by atoms with Gasteiger partial charge in [0.1, 0.15) is 6.61 Å². The number of amides is 2. The zero-order valence-electron chi connectivity index (χ0n) is 13.6. The normalized spacial score (nSPS) is 10.5. The Kier molecular flexibility index (Phi) is 6.31. The molecule has 0 radical (unpaired) electrons. The van der Waals surface area contributed by atoms with E-state index in [9.17, 15) is 9.59 Å². The molecule has 0 bridgehead atoms. The number of rotatable bonds is 6. The molecule has 2 rings (SSSR count). The topological polar surface area (TPSA) is 93.2 Å². The number of halogens is 1. The third-order valence-electron chi connectivity index (χ3n) is 3.33. The fraction of sp³-hybridized carbons (Fsp3) is 0.375. The lowest BCUT2D eigenvalue weighted by atomic mass is 10.1. The number of hydrogen-bond acceptors (Lipinski definition) is 5. The van der Waals surface area contributed by atoms with Crippen LogP contribution in [0.4, 0.5) is 4.79 Å². The van der Waals surface area contributed by atoms with Crippen molar-refractivity contribution in [2.24, 2.45) is 0 Å². The van der Waals surface area contributed by atoms with Crippen LogP contribution in [0, 0.1) is 13.8 Å². The van der Waals surface area contributed by atoms with E-state index in [0.29, 0.717) is 11.1 Å². The highest BCUT2D eigenvalue weighted by Gasteiger charge is 2.09. The number of benzene rings is 1. The molecule has 0 atom stereocenters. The van der Waals surface area contributed by atoms with Crippen molar-refractivity contribution in [1.29, 1.82) is 0 Å². The Morgan fingerprint density at radius 2 is 1.75 bits per heavy atom. The zero-order valence-corrected chi connectivity index (χ0v) is 14.3.